The monoisotopic (exact) mass is 530 g/mol. The first-order valence-corrected chi connectivity index (χ1v) is 14.4. The molecule has 3 heterocycles. The molecule has 7 nitrogen and oxygen atoms in total. The Morgan fingerprint density at radius 2 is 1.94 bits per heavy atom. The number of amides is 1. The summed E-state index contributed by atoms with van der Waals surface area (Å²) in [7, 11) is 0. The van der Waals surface area contributed by atoms with Crippen LogP contribution in [0.25, 0.3) is 0 Å². The van der Waals surface area contributed by atoms with E-state index < -0.39 is 0 Å². The van der Waals surface area contributed by atoms with Crippen molar-refractivity contribution >= 4 is 40.8 Å². The summed E-state index contributed by atoms with van der Waals surface area (Å²) >= 11 is 8.13. The average Bonchev–Trinajstić information content (AvgIpc) is 2.86. The smallest absolute Gasteiger partial charge is 0.224 e. The van der Waals surface area contributed by atoms with Gasteiger partial charge in [0.2, 0.25) is 5.91 Å². The Morgan fingerprint density at radius 1 is 1.19 bits per heavy atom. The number of nitrogens with zero attached hydrogens (tertiary/aromatic N) is 4. The zero-order chi connectivity index (χ0) is 25.5. The molecule has 0 bridgehead atoms. The first-order valence-electron chi connectivity index (χ1n) is 13.2. The summed E-state index contributed by atoms with van der Waals surface area (Å²) in [4.78, 5) is 27.6. The van der Waals surface area contributed by atoms with Gasteiger partial charge in [0.25, 0.3) is 0 Å². The van der Waals surface area contributed by atoms with E-state index in [1.807, 2.05) is 24.4 Å². The molecule has 2 aliphatic heterocycles. The van der Waals surface area contributed by atoms with Crippen LogP contribution in [0.4, 0.5) is 11.5 Å². The minimum absolute atomic E-state index is 0.0327. The fraction of sp³-hybridized carbons (Fsp3) is 0.593. The van der Waals surface area contributed by atoms with Crippen molar-refractivity contribution in [2.45, 2.75) is 74.3 Å². The summed E-state index contributed by atoms with van der Waals surface area (Å²) in [5, 5.41) is 4.34. The highest BCUT2D eigenvalue weighted by molar-refractivity contribution is 7.99. The highest BCUT2D eigenvalue weighted by atomic mass is 35.5. The number of hydrogen-bond acceptors (Lipinski definition) is 7. The fourth-order valence-corrected chi connectivity index (χ4v) is 5.90. The molecule has 196 valence electrons. The Labute approximate surface area is 224 Å². The summed E-state index contributed by atoms with van der Waals surface area (Å²) in [6.07, 6.45) is 10.7. The predicted molar refractivity (Wildman–Crippen MR) is 149 cm³/mol. The van der Waals surface area contributed by atoms with Crippen LogP contribution in [0, 0.1) is 5.92 Å². The topological polar surface area (TPSA) is 87.4 Å². The number of unbranched alkanes of at least 4 members (excludes halogenated alkanes) is 1. The highest BCUT2D eigenvalue weighted by Gasteiger charge is 2.26. The standard InChI is InChI=1S/C27H39ClN6OS/c1-3-4-12-33-13-8-20(9-14-33)17-24(35)32-21-6-5-7-22(26(21)28)36-25-19-30-23(18-31-25)34-15-10-27(2,29)11-16-34/h5-7,18-20H,3-4,8-17,29H2,1-2H3,(H,32,35). The molecule has 0 saturated carbocycles. The fourth-order valence-electron chi connectivity index (χ4n) is 4.83. The van der Waals surface area contributed by atoms with Gasteiger partial charge in [-0.3, -0.25) is 4.79 Å². The molecule has 2 fully saturated rings. The van der Waals surface area contributed by atoms with Crippen LogP contribution in [0.3, 0.4) is 0 Å². The van der Waals surface area contributed by atoms with Crippen LogP contribution < -0.4 is 16.0 Å². The van der Waals surface area contributed by atoms with Gasteiger partial charge < -0.3 is 20.9 Å². The van der Waals surface area contributed by atoms with Gasteiger partial charge in [-0.1, -0.05) is 42.8 Å². The first kappa shape index (κ1) is 27.2. The number of nitrogens with two attached hydrogens (primary N) is 1. The van der Waals surface area contributed by atoms with Gasteiger partial charge in [-0.25, -0.2) is 9.97 Å². The SMILES string of the molecule is CCCCN1CCC(CC(=O)Nc2cccc(Sc3cnc(N4CCC(C)(N)CC4)cn3)c2Cl)CC1. The molecule has 2 aromatic rings. The first-order chi connectivity index (χ1) is 17.3. The number of piperidine rings is 2. The van der Waals surface area contributed by atoms with Crippen LogP contribution in [0.1, 0.15) is 58.8 Å². The van der Waals surface area contributed by atoms with Crippen molar-refractivity contribution in [3.05, 3.63) is 35.6 Å². The van der Waals surface area contributed by atoms with Crippen molar-refractivity contribution in [2.24, 2.45) is 11.7 Å². The lowest BCUT2D eigenvalue weighted by Gasteiger charge is -2.37. The summed E-state index contributed by atoms with van der Waals surface area (Å²) in [5.41, 5.74) is 6.80. The molecule has 4 rings (SSSR count). The third-order valence-corrected chi connectivity index (χ3v) is 8.80. The van der Waals surface area contributed by atoms with Crippen LogP contribution >= 0.6 is 23.4 Å². The number of aromatic nitrogens is 2. The van der Waals surface area contributed by atoms with E-state index >= 15 is 0 Å². The van der Waals surface area contributed by atoms with E-state index in [0.717, 1.165) is 67.6 Å². The normalized spacial score (nSPS) is 18.8. The zero-order valence-corrected chi connectivity index (χ0v) is 23.1. The minimum Gasteiger partial charge on any atom is -0.355 e. The number of carbonyl (C=O) groups excluding carboxylic acids is 1. The summed E-state index contributed by atoms with van der Waals surface area (Å²) in [6.45, 7) is 9.47. The maximum Gasteiger partial charge on any atom is 0.224 e. The number of likely N-dealkylation sites (tertiary alicyclic amines) is 1. The van der Waals surface area contributed by atoms with E-state index in [9.17, 15) is 4.79 Å². The number of nitrogens with one attached hydrogen (secondary N) is 1. The molecule has 2 aliphatic rings. The van der Waals surface area contributed by atoms with Crippen molar-refractivity contribution in [1.82, 2.24) is 14.9 Å². The van der Waals surface area contributed by atoms with E-state index in [4.69, 9.17) is 17.3 Å². The number of hydrogen-bond donors (Lipinski definition) is 2. The lowest BCUT2D eigenvalue weighted by atomic mass is 9.91. The molecule has 0 unspecified atom stereocenters. The molecular weight excluding hydrogens is 492 g/mol. The van der Waals surface area contributed by atoms with E-state index in [-0.39, 0.29) is 11.4 Å². The van der Waals surface area contributed by atoms with Crippen LogP contribution in [0.5, 0.6) is 0 Å². The number of anilines is 2. The molecule has 1 aromatic heterocycles. The van der Waals surface area contributed by atoms with Gasteiger partial charge >= 0.3 is 0 Å². The van der Waals surface area contributed by atoms with Gasteiger partial charge in [-0.05, 0) is 76.7 Å². The summed E-state index contributed by atoms with van der Waals surface area (Å²) < 4.78 is 0. The second kappa shape index (κ2) is 12.6. The highest BCUT2D eigenvalue weighted by Crippen LogP contribution is 2.37. The molecule has 0 spiro atoms. The van der Waals surface area contributed by atoms with Crippen molar-refractivity contribution in [2.75, 3.05) is 42.9 Å². The van der Waals surface area contributed by atoms with Gasteiger partial charge in [0, 0.05) is 29.9 Å². The molecule has 0 atom stereocenters. The maximum atomic E-state index is 12.8. The zero-order valence-electron chi connectivity index (χ0n) is 21.5. The van der Waals surface area contributed by atoms with Crippen LogP contribution in [-0.4, -0.2) is 59.0 Å². The van der Waals surface area contributed by atoms with Gasteiger partial charge in [0.05, 0.1) is 23.1 Å². The molecular formula is C27H39ClN6OS. The van der Waals surface area contributed by atoms with Crippen LogP contribution in [0.15, 0.2) is 40.5 Å². The van der Waals surface area contributed by atoms with Crippen molar-refractivity contribution in [1.29, 1.82) is 0 Å². The van der Waals surface area contributed by atoms with Crippen molar-refractivity contribution < 1.29 is 4.79 Å². The summed E-state index contributed by atoms with van der Waals surface area (Å²) in [5.74, 6) is 1.34. The molecule has 1 aromatic carbocycles. The largest absolute Gasteiger partial charge is 0.355 e. The van der Waals surface area contributed by atoms with Crippen LogP contribution in [0.2, 0.25) is 5.02 Å². The predicted octanol–water partition coefficient (Wildman–Crippen LogP) is 5.44. The molecule has 0 radical (unpaired) electrons. The second-order valence-corrected chi connectivity index (χ2v) is 11.9. The Kier molecular flexibility index (Phi) is 9.50. The third kappa shape index (κ3) is 7.57. The molecule has 2 saturated heterocycles. The molecule has 3 N–H and O–H groups in total. The quantitative estimate of drug-likeness (QED) is 0.446. The molecule has 9 heteroatoms. The summed E-state index contributed by atoms with van der Waals surface area (Å²) in [6, 6.07) is 5.71. The van der Waals surface area contributed by atoms with E-state index in [0.29, 0.717) is 23.0 Å². The van der Waals surface area contributed by atoms with Crippen molar-refractivity contribution in [3.63, 3.8) is 0 Å². The minimum atomic E-state index is -0.0945. The van der Waals surface area contributed by atoms with E-state index in [2.05, 4.69) is 38.9 Å². The Hall–Kier alpha value is -1.87. The molecule has 1 amide bonds. The lowest BCUT2D eigenvalue weighted by Crippen LogP contribution is -2.48. The van der Waals surface area contributed by atoms with Crippen LogP contribution in [-0.2, 0) is 4.79 Å². The number of halogens is 1. The average molecular weight is 531 g/mol. The number of benzene rings is 1. The molecule has 36 heavy (non-hydrogen) atoms. The third-order valence-electron chi connectivity index (χ3n) is 7.31. The Morgan fingerprint density at radius 3 is 2.61 bits per heavy atom. The van der Waals surface area contributed by atoms with E-state index in [1.165, 1.54) is 31.1 Å². The van der Waals surface area contributed by atoms with E-state index in [1.54, 1.807) is 6.20 Å². The lowest BCUT2D eigenvalue weighted by molar-refractivity contribution is -0.117. The number of rotatable bonds is 9. The molecule has 0 aliphatic carbocycles. The van der Waals surface area contributed by atoms with Gasteiger partial charge in [-0.2, -0.15) is 0 Å². The Bertz CT molecular complexity index is 1000. The van der Waals surface area contributed by atoms with Crippen molar-refractivity contribution in [3.8, 4) is 0 Å². The Balaban J connectivity index is 1.29. The van der Waals surface area contributed by atoms with Gasteiger partial charge in [0.15, 0.2) is 0 Å². The number of carbonyl (C=O) groups is 1. The maximum absolute atomic E-state index is 12.8. The van der Waals surface area contributed by atoms with Gasteiger partial charge in [-0.15, -0.1) is 0 Å². The second-order valence-electron chi connectivity index (χ2n) is 10.5. The van der Waals surface area contributed by atoms with Gasteiger partial charge in [0.1, 0.15) is 10.8 Å².